The summed E-state index contributed by atoms with van der Waals surface area (Å²) in [4.78, 5) is 3.65. The van der Waals surface area contributed by atoms with Crippen LogP contribution >= 0.6 is 23.2 Å². The first kappa shape index (κ1) is 9.18. The lowest BCUT2D eigenvalue weighted by molar-refractivity contribution is 0.535. The van der Waals surface area contributed by atoms with E-state index in [0.29, 0.717) is 0 Å². The summed E-state index contributed by atoms with van der Waals surface area (Å²) in [6.07, 6.45) is 0. The van der Waals surface area contributed by atoms with Crippen molar-refractivity contribution >= 4 is 28.4 Å². The van der Waals surface area contributed by atoms with E-state index in [-0.39, 0.29) is 11.2 Å². The second kappa shape index (κ2) is 4.07. The van der Waals surface area contributed by atoms with E-state index in [2.05, 4.69) is 4.99 Å². The maximum absolute atomic E-state index is 12.0. The minimum Gasteiger partial charge on any atom is -0.271 e. The zero-order chi connectivity index (χ0) is 7.44. The van der Waals surface area contributed by atoms with E-state index in [1.54, 1.807) is 13.8 Å². The highest BCUT2D eigenvalue weighted by atomic mass is 35.5. The van der Waals surface area contributed by atoms with Gasteiger partial charge >= 0.3 is 0 Å². The van der Waals surface area contributed by atoms with Gasteiger partial charge in [0, 0.05) is 6.04 Å². The largest absolute Gasteiger partial charge is 0.271 e. The molecule has 0 aromatic heterocycles. The summed E-state index contributed by atoms with van der Waals surface area (Å²) >= 11 is 10.2. The number of halogens is 3. The Morgan fingerprint density at radius 3 is 2.11 bits per heavy atom. The highest BCUT2D eigenvalue weighted by Gasteiger charge is 2.06. The molecule has 0 saturated carbocycles. The van der Waals surface area contributed by atoms with Crippen LogP contribution in [0.1, 0.15) is 13.8 Å². The van der Waals surface area contributed by atoms with Crippen LogP contribution in [0.4, 0.5) is 4.39 Å². The molecule has 0 amide bonds. The maximum Gasteiger partial charge on any atom is 0.225 e. The second-order valence-electron chi connectivity index (χ2n) is 1.85. The Hall–Kier alpha value is 0.180. The molecule has 0 fully saturated rings. The summed E-state index contributed by atoms with van der Waals surface area (Å²) in [5, 5.41) is -0.174. The normalized spacial score (nSPS) is 16.4. The van der Waals surface area contributed by atoms with E-state index in [1.807, 2.05) is 0 Å². The predicted octanol–water partition coefficient (Wildman–Crippen LogP) is 2.57. The molecule has 0 aliphatic carbocycles. The number of hydrogen-bond donors (Lipinski definition) is 0. The van der Waals surface area contributed by atoms with Crippen molar-refractivity contribution < 1.29 is 4.39 Å². The van der Waals surface area contributed by atoms with Crippen molar-refractivity contribution in [1.29, 1.82) is 0 Å². The first-order chi connectivity index (χ1) is 4.04. The van der Waals surface area contributed by atoms with Crippen LogP contribution in [-0.4, -0.2) is 16.8 Å². The molecule has 0 spiro atoms. The first-order valence-corrected chi connectivity index (χ1v) is 3.36. The standard InChI is InChI=1S/C5H8Cl2FN/c1-3(2)9-5(7)4(6)8/h3-4H,1-2H3. The van der Waals surface area contributed by atoms with Crippen molar-refractivity contribution in [2.45, 2.75) is 25.5 Å². The second-order valence-corrected chi connectivity index (χ2v) is 2.62. The van der Waals surface area contributed by atoms with Crippen LogP contribution in [-0.2, 0) is 0 Å². The fourth-order valence-electron chi connectivity index (χ4n) is 0.303. The zero-order valence-electron chi connectivity index (χ0n) is 5.24. The van der Waals surface area contributed by atoms with Gasteiger partial charge in [0.25, 0.3) is 0 Å². The number of aliphatic imine (C=N–C) groups is 1. The van der Waals surface area contributed by atoms with Crippen LogP contribution in [0.5, 0.6) is 0 Å². The van der Waals surface area contributed by atoms with Crippen LogP contribution in [0, 0.1) is 0 Å². The number of hydrogen-bond acceptors (Lipinski definition) is 1. The minimum atomic E-state index is -1.66. The molecular weight excluding hydrogens is 164 g/mol. The van der Waals surface area contributed by atoms with Crippen LogP contribution in [0.3, 0.4) is 0 Å². The molecule has 0 radical (unpaired) electrons. The van der Waals surface area contributed by atoms with Gasteiger partial charge in [-0.2, -0.15) is 0 Å². The van der Waals surface area contributed by atoms with Gasteiger partial charge < -0.3 is 0 Å². The lowest BCUT2D eigenvalue weighted by Crippen LogP contribution is -2.03. The maximum atomic E-state index is 12.0. The summed E-state index contributed by atoms with van der Waals surface area (Å²) in [6.45, 7) is 3.59. The topological polar surface area (TPSA) is 12.4 Å². The zero-order valence-corrected chi connectivity index (χ0v) is 6.75. The average molecular weight is 172 g/mol. The molecule has 54 valence electrons. The summed E-state index contributed by atoms with van der Waals surface area (Å²) in [5.74, 6) is 0. The molecule has 0 aromatic carbocycles. The Labute approximate surface area is 63.9 Å². The number of rotatable bonds is 2. The third-order valence-electron chi connectivity index (χ3n) is 0.562. The van der Waals surface area contributed by atoms with Gasteiger partial charge in [0.1, 0.15) is 0 Å². The first-order valence-electron chi connectivity index (χ1n) is 2.55. The van der Waals surface area contributed by atoms with Crippen LogP contribution < -0.4 is 0 Å². The lowest BCUT2D eigenvalue weighted by Gasteiger charge is -1.98. The third kappa shape index (κ3) is 4.67. The molecule has 1 nitrogen and oxygen atoms in total. The Kier molecular flexibility index (Phi) is 4.15. The Bertz CT molecular complexity index is 112. The molecule has 1 unspecified atom stereocenters. The van der Waals surface area contributed by atoms with Gasteiger partial charge in [-0.1, -0.05) is 23.2 Å². The number of alkyl halides is 2. The smallest absolute Gasteiger partial charge is 0.225 e. The Morgan fingerprint density at radius 2 is 2.00 bits per heavy atom. The molecule has 4 heteroatoms. The molecule has 0 N–H and O–H groups in total. The Morgan fingerprint density at radius 1 is 1.56 bits per heavy atom. The van der Waals surface area contributed by atoms with E-state index in [4.69, 9.17) is 23.2 Å². The van der Waals surface area contributed by atoms with Gasteiger partial charge in [-0.15, -0.1) is 0 Å². The van der Waals surface area contributed by atoms with Crippen molar-refractivity contribution in [3.63, 3.8) is 0 Å². The summed E-state index contributed by atoms with van der Waals surface area (Å²) < 4.78 is 12.0. The van der Waals surface area contributed by atoms with E-state index in [1.165, 1.54) is 0 Å². The molecule has 1 atom stereocenters. The van der Waals surface area contributed by atoms with Gasteiger partial charge in [0.2, 0.25) is 5.63 Å². The van der Waals surface area contributed by atoms with Gasteiger partial charge in [-0.25, -0.2) is 4.39 Å². The Balaban J connectivity index is 3.84. The van der Waals surface area contributed by atoms with Crippen molar-refractivity contribution in [2.24, 2.45) is 4.99 Å². The van der Waals surface area contributed by atoms with E-state index in [9.17, 15) is 4.39 Å². The van der Waals surface area contributed by atoms with Crippen molar-refractivity contribution in [3.8, 4) is 0 Å². The monoisotopic (exact) mass is 171 g/mol. The summed E-state index contributed by atoms with van der Waals surface area (Å²) in [5.41, 5.74) is -1.66. The van der Waals surface area contributed by atoms with E-state index >= 15 is 0 Å². The van der Waals surface area contributed by atoms with Gasteiger partial charge in [0.05, 0.1) is 0 Å². The molecular formula is C5H8Cl2FN. The molecule has 9 heavy (non-hydrogen) atoms. The highest BCUT2D eigenvalue weighted by molar-refractivity contribution is 6.70. The van der Waals surface area contributed by atoms with Crippen LogP contribution in [0.25, 0.3) is 0 Å². The average Bonchev–Trinajstić information content (AvgIpc) is 1.63. The summed E-state index contributed by atoms with van der Waals surface area (Å²) in [7, 11) is 0. The van der Waals surface area contributed by atoms with Crippen molar-refractivity contribution in [1.82, 2.24) is 0 Å². The summed E-state index contributed by atoms with van der Waals surface area (Å²) in [6, 6.07) is -0.00509. The molecule has 0 aliphatic rings. The molecule has 0 saturated heterocycles. The molecule has 0 bridgehead atoms. The minimum absolute atomic E-state index is 0.00509. The van der Waals surface area contributed by atoms with Gasteiger partial charge in [-0.3, -0.25) is 4.99 Å². The fraction of sp³-hybridized carbons (Fsp3) is 0.800. The quantitative estimate of drug-likeness (QED) is 0.448. The predicted molar refractivity (Wildman–Crippen MR) is 39.2 cm³/mol. The fourth-order valence-corrected chi connectivity index (χ4v) is 0.555. The third-order valence-corrected chi connectivity index (χ3v) is 1.17. The lowest BCUT2D eigenvalue weighted by atomic mass is 10.4. The van der Waals surface area contributed by atoms with Gasteiger partial charge in [-0.05, 0) is 13.8 Å². The van der Waals surface area contributed by atoms with Crippen molar-refractivity contribution in [2.75, 3.05) is 0 Å². The van der Waals surface area contributed by atoms with Crippen LogP contribution in [0.2, 0.25) is 0 Å². The molecule has 0 aromatic rings. The van der Waals surface area contributed by atoms with E-state index < -0.39 is 5.63 Å². The van der Waals surface area contributed by atoms with E-state index in [0.717, 1.165) is 0 Å². The molecule has 0 rings (SSSR count). The SMILES string of the molecule is CC(C)N=C(Cl)C(F)Cl. The van der Waals surface area contributed by atoms with Crippen LogP contribution in [0.15, 0.2) is 4.99 Å². The molecule has 0 aliphatic heterocycles. The molecule has 0 heterocycles. The van der Waals surface area contributed by atoms with Gasteiger partial charge in [0.15, 0.2) is 5.17 Å². The number of nitrogens with zero attached hydrogens (tertiary/aromatic N) is 1. The highest BCUT2D eigenvalue weighted by Crippen LogP contribution is 2.05. The van der Waals surface area contributed by atoms with Crippen molar-refractivity contribution in [3.05, 3.63) is 0 Å².